The number of allylic oxidation sites excluding steroid dienone is 2. The second-order valence-electron chi connectivity index (χ2n) is 5.09. The Balaban J connectivity index is 2.30. The Labute approximate surface area is 109 Å². The zero-order chi connectivity index (χ0) is 13.8. The summed E-state index contributed by atoms with van der Waals surface area (Å²) in [6.07, 6.45) is 3.43. The Morgan fingerprint density at radius 1 is 1.26 bits per heavy atom. The summed E-state index contributed by atoms with van der Waals surface area (Å²) in [5, 5.41) is 30.7. The molecule has 0 aliphatic heterocycles. The number of Topliss-reactive ketones (excluding diaryl/α,β-unsaturated/α-hetero) is 1. The van der Waals surface area contributed by atoms with Crippen LogP contribution in [0.5, 0.6) is 0 Å². The largest absolute Gasteiger partial charge is 0.564 e. The highest BCUT2D eigenvalue weighted by Crippen LogP contribution is 2.48. The van der Waals surface area contributed by atoms with Crippen LogP contribution >= 0.6 is 0 Å². The van der Waals surface area contributed by atoms with Gasteiger partial charge in [-0.15, -0.1) is 0 Å². The molecule has 1 unspecified atom stereocenters. The van der Waals surface area contributed by atoms with E-state index in [1.165, 1.54) is 6.92 Å². The molecule has 5 nitrogen and oxygen atoms in total. The van der Waals surface area contributed by atoms with Gasteiger partial charge < -0.3 is 5.21 Å². The summed E-state index contributed by atoms with van der Waals surface area (Å²) in [5.74, 6) is -0.179. The first kappa shape index (κ1) is 12.3. The van der Waals surface area contributed by atoms with Gasteiger partial charge >= 0.3 is 0 Å². The van der Waals surface area contributed by atoms with Gasteiger partial charge in [-0.2, -0.15) is 10.4 Å². The van der Waals surface area contributed by atoms with Gasteiger partial charge in [0.05, 0.1) is 0 Å². The van der Waals surface area contributed by atoms with E-state index in [2.05, 4.69) is 0 Å². The van der Waals surface area contributed by atoms with Crippen molar-refractivity contribution < 1.29 is 20.2 Å². The molecule has 0 spiro atoms. The smallest absolute Gasteiger partial charge is 0.194 e. The molecule has 2 aliphatic rings. The Bertz CT molecular complexity index is 639. The molecule has 98 valence electrons. The summed E-state index contributed by atoms with van der Waals surface area (Å²) >= 11 is 0. The maximum Gasteiger partial charge on any atom is 0.194 e. The average molecular weight is 259 g/mol. The molecular formula is C14H13NO4. The first-order valence-corrected chi connectivity index (χ1v) is 5.97. The Morgan fingerprint density at radius 3 is 2.53 bits per heavy atom. The number of hydrogen-bond donors (Lipinski definition) is 2. The Morgan fingerprint density at radius 2 is 1.89 bits per heavy atom. The monoisotopic (exact) mass is 259 g/mol. The molecule has 3 rings (SSSR count). The van der Waals surface area contributed by atoms with Crippen LogP contribution in [0.1, 0.15) is 29.3 Å². The third-order valence-corrected chi connectivity index (χ3v) is 3.94. The molecule has 0 saturated carbocycles. The third-order valence-electron chi connectivity index (χ3n) is 3.94. The number of benzene rings is 1. The lowest BCUT2D eigenvalue weighted by atomic mass is 9.80. The molecule has 5 heteroatoms. The summed E-state index contributed by atoms with van der Waals surface area (Å²) in [7, 11) is 0. The number of hydrogen-bond acceptors (Lipinski definition) is 4. The van der Waals surface area contributed by atoms with E-state index in [1.54, 1.807) is 36.4 Å². The maximum absolute atomic E-state index is 12.3. The highest BCUT2D eigenvalue weighted by Gasteiger charge is 2.51. The molecule has 0 heterocycles. The molecule has 1 atom stereocenters. The number of fused-ring (bicyclic) bond motifs is 2. The molecule has 2 N–H and O–H groups in total. The minimum Gasteiger partial charge on any atom is -0.564 e. The second kappa shape index (κ2) is 3.61. The van der Waals surface area contributed by atoms with E-state index in [9.17, 15) is 20.4 Å². The third kappa shape index (κ3) is 1.47. The molecule has 1 aromatic carbocycles. The number of carbonyl (C=O) groups excluding carboxylic acids is 1. The average Bonchev–Trinajstić information content (AvgIpc) is 2.64. The maximum atomic E-state index is 12.3. The van der Waals surface area contributed by atoms with Gasteiger partial charge in [0.2, 0.25) is 0 Å². The van der Waals surface area contributed by atoms with Crippen LogP contribution in [0.25, 0.3) is 5.57 Å². The minimum absolute atomic E-state index is 0.157. The lowest BCUT2D eigenvalue weighted by Crippen LogP contribution is -2.55. The zero-order valence-electron chi connectivity index (χ0n) is 10.3. The fourth-order valence-electron chi connectivity index (χ4n) is 2.81. The predicted molar refractivity (Wildman–Crippen MR) is 67.1 cm³/mol. The first-order chi connectivity index (χ1) is 8.86. The quantitative estimate of drug-likeness (QED) is 0.599. The van der Waals surface area contributed by atoms with E-state index in [0.29, 0.717) is 22.3 Å². The molecule has 0 aromatic heterocycles. The van der Waals surface area contributed by atoms with Crippen molar-refractivity contribution >= 4 is 11.4 Å². The van der Waals surface area contributed by atoms with Gasteiger partial charge in [0.1, 0.15) is 0 Å². The highest BCUT2D eigenvalue weighted by molar-refractivity contribution is 6.23. The molecule has 0 fully saturated rings. The number of quaternary nitrogens is 1. The number of ketones is 1. The van der Waals surface area contributed by atoms with E-state index >= 15 is 0 Å². The molecule has 0 bridgehead atoms. The molecule has 0 amide bonds. The van der Waals surface area contributed by atoms with Gasteiger partial charge in [-0.1, -0.05) is 41.4 Å². The highest BCUT2D eigenvalue weighted by atomic mass is 17.1. The molecular weight excluding hydrogens is 246 g/mol. The topological polar surface area (TPSA) is 80.6 Å². The van der Waals surface area contributed by atoms with Crippen molar-refractivity contribution in [3.63, 3.8) is 0 Å². The zero-order valence-corrected chi connectivity index (χ0v) is 10.3. The standard InChI is InChI=1S/C14H13NO4/c1-14(15(17,18)19)8-4-7-11-12(14)9-5-2-3-6-10(9)13(11)16/h2-7,17-18H,8H2,1H3. The fourth-order valence-corrected chi connectivity index (χ4v) is 2.81. The van der Waals surface area contributed by atoms with Gasteiger partial charge in [0.25, 0.3) is 0 Å². The van der Waals surface area contributed by atoms with E-state index in [0.717, 1.165) is 0 Å². The van der Waals surface area contributed by atoms with E-state index in [1.807, 2.05) is 0 Å². The second-order valence-corrected chi connectivity index (χ2v) is 5.09. The van der Waals surface area contributed by atoms with E-state index in [-0.39, 0.29) is 12.2 Å². The molecule has 1 aromatic rings. The molecule has 0 saturated heterocycles. The van der Waals surface area contributed by atoms with E-state index < -0.39 is 10.5 Å². The SMILES string of the molecule is CC1([N+]([O-])(O)O)CC=CC2=C1c1ccccc1C2=O. The van der Waals surface area contributed by atoms with Gasteiger partial charge in [0, 0.05) is 30.1 Å². The van der Waals surface area contributed by atoms with E-state index in [4.69, 9.17) is 0 Å². The summed E-state index contributed by atoms with van der Waals surface area (Å²) in [5.41, 5.74) is 0.397. The van der Waals surface area contributed by atoms with Crippen molar-refractivity contribution in [1.29, 1.82) is 0 Å². The summed E-state index contributed by atoms with van der Waals surface area (Å²) in [6.45, 7) is 1.45. The Hall–Kier alpha value is -1.79. The van der Waals surface area contributed by atoms with Crippen LogP contribution in [0.15, 0.2) is 42.0 Å². The van der Waals surface area contributed by atoms with Crippen LogP contribution in [-0.4, -0.2) is 26.7 Å². The van der Waals surface area contributed by atoms with Crippen LogP contribution in [0.4, 0.5) is 0 Å². The van der Waals surface area contributed by atoms with Gasteiger partial charge in [-0.3, -0.25) is 4.79 Å². The van der Waals surface area contributed by atoms with Gasteiger partial charge in [0.15, 0.2) is 11.3 Å². The summed E-state index contributed by atoms with van der Waals surface area (Å²) < 4.78 is 0. The first-order valence-electron chi connectivity index (χ1n) is 5.97. The fraction of sp³-hybridized carbons (Fsp3) is 0.214. The molecule has 19 heavy (non-hydrogen) atoms. The normalized spacial score (nSPS) is 25.6. The molecule has 2 aliphatic carbocycles. The van der Waals surface area contributed by atoms with Crippen LogP contribution < -0.4 is 0 Å². The lowest BCUT2D eigenvalue weighted by molar-refractivity contribution is -1.24. The number of carbonyl (C=O) groups is 1. The number of nitrogens with zero attached hydrogens (tertiary/aromatic N) is 1. The Kier molecular flexibility index (Phi) is 2.33. The van der Waals surface area contributed by atoms with Gasteiger partial charge in [-0.25, -0.2) is 0 Å². The van der Waals surface area contributed by atoms with Crippen molar-refractivity contribution in [3.05, 3.63) is 58.3 Å². The summed E-state index contributed by atoms with van der Waals surface area (Å²) in [6, 6.07) is 6.91. The van der Waals surface area contributed by atoms with Gasteiger partial charge in [-0.05, 0) is 5.56 Å². The number of rotatable bonds is 1. The van der Waals surface area contributed by atoms with Crippen molar-refractivity contribution in [2.75, 3.05) is 0 Å². The van der Waals surface area contributed by atoms with Crippen LogP contribution in [-0.2, 0) is 0 Å². The minimum atomic E-state index is -2.43. The van der Waals surface area contributed by atoms with Crippen molar-refractivity contribution in [2.24, 2.45) is 0 Å². The summed E-state index contributed by atoms with van der Waals surface area (Å²) in [4.78, 5) is 9.83. The van der Waals surface area contributed by atoms with Crippen molar-refractivity contribution in [3.8, 4) is 0 Å². The van der Waals surface area contributed by atoms with Crippen LogP contribution in [0, 0.1) is 5.21 Å². The van der Waals surface area contributed by atoms with Crippen molar-refractivity contribution in [1.82, 2.24) is 0 Å². The number of hydroxylamine groups is 3. The predicted octanol–water partition coefficient (Wildman–Crippen LogP) is 2.45. The lowest BCUT2D eigenvalue weighted by Gasteiger charge is -2.43. The van der Waals surface area contributed by atoms with Crippen molar-refractivity contribution in [2.45, 2.75) is 18.9 Å². The molecule has 0 radical (unpaired) electrons. The van der Waals surface area contributed by atoms with Crippen LogP contribution in [0.2, 0.25) is 0 Å². The van der Waals surface area contributed by atoms with Crippen LogP contribution in [0.3, 0.4) is 0 Å².